The molecule has 2 fully saturated rings. The molecule has 1 aliphatic heterocycles. The molecule has 0 amide bonds. The summed E-state index contributed by atoms with van der Waals surface area (Å²) in [6, 6.07) is 0.852. The van der Waals surface area contributed by atoms with Crippen molar-refractivity contribution in [1.29, 1.82) is 0 Å². The van der Waals surface area contributed by atoms with E-state index in [1.807, 2.05) is 0 Å². The van der Waals surface area contributed by atoms with Gasteiger partial charge in [-0.3, -0.25) is 4.90 Å². The fourth-order valence-corrected chi connectivity index (χ4v) is 2.57. The Kier molecular flexibility index (Phi) is 1.94. The first-order chi connectivity index (χ1) is 5.27. The van der Waals surface area contributed by atoms with E-state index in [4.69, 9.17) is 11.6 Å². The first-order valence-corrected chi connectivity index (χ1v) is 4.72. The highest BCUT2D eigenvalue weighted by Crippen LogP contribution is 2.38. The molecule has 2 rings (SSSR count). The molecule has 1 nitrogen and oxygen atoms in total. The predicted octanol–water partition coefficient (Wildman–Crippen LogP) is 2.22. The highest BCUT2D eigenvalue weighted by molar-refractivity contribution is 6.29. The van der Waals surface area contributed by atoms with Crippen molar-refractivity contribution in [3.8, 4) is 0 Å². The van der Waals surface area contributed by atoms with Crippen LogP contribution in [0.3, 0.4) is 0 Å². The molecular weight excluding hydrogens is 158 g/mol. The third-order valence-corrected chi connectivity index (χ3v) is 3.05. The minimum Gasteiger partial charge on any atom is -0.295 e. The minimum atomic E-state index is 0.787. The molecule has 1 saturated heterocycles. The quantitative estimate of drug-likeness (QED) is 0.616. The van der Waals surface area contributed by atoms with E-state index in [1.54, 1.807) is 0 Å². The normalized spacial score (nSPS) is 36.5. The number of fused-ring (bicyclic) bond motifs is 1. The van der Waals surface area contributed by atoms with Crippen LogP contribution in [0.5, 0.6) is 0 Å². The number of rotatable bonds is 2. The van der Waals surface area contributed by atoms with E-state index in [2.05, 4.69) is 11.5 Å². The molecular formula is C9H14ClN. The largest absolute Gasteiger partial charge is 0.295 e. The van der Waals surface area contributed by atoms with Gasteiger partial charge < -0.3 is 0 Å². The van der Waals surface area contributed by atoms with Gasteiger partial charge in [0.1, 0.15) is 0 Å². The van der Waals surface area contributed by atoms with Crippen LogP contribution in [0.1, 0.15) is 19.3 Å². The highest BCUT2D eigenvalue weighted by atomic mass is 35.5. The van der Waals surface area contributed by atoms with Gasteiger partial charge in [0, 0.05) is 24.2 Å². The molecule has 0 aromatic carbocycles. The van der Waals surface area contributed by atoms with E-state index in [9.17, 15) is 0 Å². The van der Waals surface area contributed by atoms with E-state index in [0.717, 1.165) is 23.5 Å². The summed E-state index contributed by atoms with van der Waals surface area (Å²) in [6.45, 7) is 5.88. The molecule has 2 unspecified atom stereocenters. The Bertz CT molecular complexity index is 178. The van der Waals surface area contributed by atoms with Gasteiger partial charge in [-0.25, -0.2) is 0 Å². The van der Waals surface area contributed by atoms with E-state index in [0.29, 0.717) is 0 Å². The molecule has 1 saturated carbocycles. The molecule has 0 N–H and O–H groups in total. The number of nitrogens with zero attached hydrogens (tertiary/aromatic N) is 1. The van der Waals surface area contributed by atoms with Crippen LogP contribution in [0.15, 0.2) is 11.6 Å². The van der Waals surface area contributed by atoms with Crippen LogP contribution < -0.4 is 0 Å². The maximum atomic E-state index is 5.74. The zero-order valence-electron chi connectivity index (χ0n) is 6.72. The van der Waals surface area contributed by atoms with Crippen LogP contribution in [0.4, 0.5) is 0 Å². The van der Waals surface area contributed by atoms with Gasteiger partial charge in [-0.1, -0.05) is 24.6 Å². The van der Waals surface area contributed by atoms with Crippen molar-refractivity contribution in [2.24, 2.45) is 5.92 Å². The lowest BCUT2D eigenvalue weighted by molar-refractivity contribution is 0.0502. The van der Waals surface area contributed by atoms with Crippen molar-refractivity contribution in [3.63, 3.8) is 0 Å². The van der Waals surface area contributed by atoms with Crippen molar-refractivity contribution < 1.29 is 0 Å². The summed E-state index contributed by atoms with van der Waals surface area (Å²) in [5.74, 6) is 0.992. The number of halogens is 1. The van der Waals surface area contributed by atoms with Crippen LogP contribution in [0.2, 0.25) is 0 Å². The second kappa shape index (κ2) is 2.80. The topological polar surface area (TPSA) is 3.24 Å². The summed E-state index contributed by atoms with van der Waals surface area (Å²) in [5, 5.41) is 0.787. The lowest BCUT2D eigenvalue weighted by Gasteiger charge is -2.44. The lowest BCUT2D eigenvalue weighted by Crippen LogP contribution is -2.53. The Morgan fingerprint density at radius 3 is 3.00 bits per heavy atom. The molecule has 2 aliphatic rings. The maximum Gasteiger partial charge on any atom is 0.0338 e. The van der Waals surface area contributed by atoms with Crippen molar-refractivity contribution in [3.05, 3.63) is 11.6 Å². The molecule has 2 heteroatoms. The molecule has 2 atom stereocenters. The van der Waals surface area contributed by atoms with E-state index < -0.39 is 0 Å². The van der Waals surface area contributed by atoms with Gasteiger partial charge in [-0.05, 0) is 18.8 Å². The van der Waals surface area contributed by atoms with Crippen molar-refractivity contribution in [2.75, 3.05) is 13.1 Å². The van der Waals surface area contributed by atoms with Crippen LogP contribution >= 0.6 is 11.6 Å². The Hall–Kier alpha value is -0.0100. The fraction of sp³-hybridized carbons (Fsp3) is 0.778. The SMILES string of the molecule is C=C(Cl)CN1CC2CCCC21. The Morgan fingerprint density at radius 2 is 2.36 bits per heavy atom. The summed E-state index contributed by atoms with van der Waals surface area (Å²) in [6.07, 6.45) is 4.24. The van der Waals surface area contributed by atoms with Gasteiger partial charge >= 0.3 is 0 Å². The molecule has 0 spiro atoms. The Morgan fingerprint density at radius 1 is 1.55 bits per heavy atom. The molecule has 0 aromatic rings. The summed E-state index contributed by atoms with van der Waals surface area (Å²) < 4.78 is 0. The number of likely N-dealkylation sites (tertiary alicyclic amines) is 1. The average Bonchev–Trinajstić information content (AvgIpc) is 2.26. The number of hydrogen-bond donors (Lipinski definition) is 0. The fourth-order valence-electron chi connectivity index (χ4n) is 2.41. The molecule has 11 heavy (non-hydrogen) atoms. The average molecular weight is 172 g/mol. The highest BCUT2D eigenvalue weighted by Gasteiger charge is 2.41. The Balaban J connectivity index is 1.85. The molecule has 1 heterocycles. The zero-order chi connectivity index (χ0) is 7.84. The van der Waals surface area contributed by atoms with E-state index in [-0.39, 0.29) is 0 Å². The van der Waals surface area contributed by atoms with Crippen LogP contribution in [0, 0.1) is 5.92 Å². The van der Waals surface area contributed by atoms with Crippen molar-refractivity contribution >= 4 is 11.6 Å². The lowest BCUT2D eigenvalue weighted by atomic mass is 9.92. The molecule has 0 bridgehead atoms. The standard InChI is InChI=1S/C9H14ClN/c1-7(10)5-11-6-8-3-2-4-9(8)11/h8-9H,1-6H2. The zero-order valence-corrected chi connectivity index (χ0v) is 7.48. The van der Waals surface area contributed by atoms with Gasteiger partial charge in [0.25, 0.3) is 0 Å². The summed E-state index contributed by atoms with van der Waals surface area (Å²) in [7, 11) is 0. The first kappa shape index (κ1) is 7.63. The maximum absolute atomic E-state index is 5.74. The second-order valence-corrected chi connectivity index (χ2v) is 4.24. The Labute approximate surface area is 73.0 Å². The predicted molar refractivity (Wildman–Crippen MR) is 47.7 cm³/mol. The van der Waals surface area contributed by atoms with Crippen molar-refractivity contribution in [1.82, 2.24) is 4.90 Å². The molecule has 0 aromatic heterocycles. The van der Waals surface area contributed by atoms with E-state index >= 15 is 0 Å². The summed E-state index contributed by atoms with van der Waals surface area (Å²) >= 11 is 5.74. The van der Waals surface area contributed by atoms with Gasteiger partial charge in [-0.15, -0.1) is 0 Å². The van der Waals surface area contributed by atoms with Crippen LogP contribution in [-0.4, -0.2) is 24.0 Å². The second-order valence-electron chi connectivity index (χ2n) is 3.71. The van der Waals surface area contributed by atoms with Gasteiger partial charge in [0.2, 0.25) is 0 Å². The first-order valence-electron chi connectivity index (χ1n) is 4.34. The summed E-state index contributed by atoms with van der Waals surface area (Å²) in [5.41, 5.74) is 0. The van der Waals surface area contributed by atoms with Gasteiger partial charge in [-0.2, -0.15) is 0 Å². The molecule has 1 aliphatic carbocycles. The summed E-state index contributed by atoms with van der Waals surface area (Å²) in [4.78, 5) is 2.45. The van der Waals surface area contributed by atoms with Gasteiger partial charge in [0.05, 0.1) is 0 Å². The molecule has 62 valence electrons. The molecule has 0 radical (unpaired) electrons. The van der Waals surface area contributed by atoms with Gasteiger partial charge in [0.15, 0.2) is 0 Å². The van der Waals surface area contributed by atoms with E-state index in [1.165, 1.54) is 25.8 Å². The monoisotopic (exact) mass is 171 g/mol. The van der Waals surface area contributed by atoms with Crippen LogP contribution in [0.25, 0.3) is 0 Å². The third-order valence-electron chi connectivity index (χ3n) is 2.93. The minimum absolute atomic E-state index is 0.787. The smallest absolute Gasteiger partial charge is 0.0338 e. The van der Waals surface area contributed by atoms with Crippen LogP contribution in [-0.2, 0) is 0 Å². The third kappa shape index (κ3) is 1.32. The van der Waals surface area contributed by atoms with Crippen molar-refractivity contribution in [2.45, 2.75) is 25.3 Å². The number of hydrogen-bond acceptors (Lipinski definition) is 1.